The van der Waals surface area contributed by atoms with Gasteiger partial charge in [0.2, 0.25) is 0 Å². The van der Waals surface area contributed by atoms with Gasteiger partial charge in [0.25, 0.3) is 0 Å². The minimum Gasteiger partial charge on any atom is -0.309 e. The van der Waals surface area contributed by atoms with Gasteiger partial charge in [-0.05, 0) is 97.1 Å². The van der Waals surface area contributed by atoms with Crippen LogP contribution in [0.3, 0.4) is 0 Å². The van der Waals surface area contributed by atoms with Crippen molar-refractivity contribution in [3.05, 3.63) is 225 Å². The van der Waals surface area contributed by atoms with Crippen LogP contribution in [-0.4, -0.2) is 24.1 Å². The number of para-hydroxylation sites is 6. The van der Waals surface area contributed by atoms with Crippen LogP contribution in [0.1, 0.15) is 0 Å². The van der Waals surface area contributed by atoms with Crippen LogP contribution < -0.4 is 9.80 Å². The number of rotatable bonds is 8. The van der Waals surface area contributed by atoms with Crippen LogP contribution in [0.15, 0.2) is 225 Å². The van der Waals surface area contributed by atoms with Gasteiger partial charge in [-0.2, -0.15) is 0 Å². The first-order valence-corrected chi connectivity index (χ1v) is 22.5. The molecule has 65 heavy (non-hydrogen) atoms. The maximum atomic E-state index is 5.39. The Morgan fingerprint density at radius 3 is 1.31 bits per heavy atom. The van der Waals surface area contributed by atoms with Crippen LogP contribution in [0.25, 0.3) is 75.6 Å². The Labute approximate surface area is 378 Å². The number of nitrogens with zero attached hydrogens (tertiary/aromatic N) is 7. The average molecular weight is 852 g/mol. The summed E-state index contributed by atoms with van der Waals surface area (Å²) >= 11 is 1.57. The second-order valence-corrected chi connectivity index (χ2v) is 17.1. The van der Waals surface area contributed by atoms with E-state index in [-0.39, 0.29) is 0 Å². The first kappa shape index (κ1) is 37.0. The van der Waals surface area contributed by atoms with Gasteiger partial charge >= 0.3 is 0 Å². The molecule has 0 aliphatic heterocycles. The van der Waals surface area contributed by atoms with Crippen molar-refractivity contribution in [2.75, 3.05) is 9.80 Å². The summed E-state index contributed by atoms with van der Waals surface area (Å²) in [7, 11) is 0. The summed E-state index contributed by atoms with van der Waals surface area (Å²) in [6.45, 7) is 0. The number of thiophene rings is 1. The van der Waals surface area contributed by atoms with Crippen molar-refractivity contribution in [2.45, 2.75) is 0 Å². The molecule has 0 unspecified atom stereocenters. The molecule has 0 atom stereocenters. The highest BCUT2D eigenvalue weighted by Gasteiger charge is 2.22. The molecule has 0 aliphatic rings. The van der Waals surface area contributed by atoms with Crippen molar-refractivity contribution in [2.24, 2.45) is 0 Å². The molecule has 5 aromatic heterocycles. The number of aromatic nitrogens is 5. The van der Waals surface area contributed by atoms with Crippen molar-refractivity contribution in [1.29, 1.82) is 0 Å². The van der Waals surface area contributed by atoms with Gasteiger partial charge in [-0.1, -0.05) is 133 Å². The maximum Gasteiger partial charge on any atom is 0.157 e. The summed E-state index contributed by atoms with van der Waals surface area (Å²) in [4.78, 5) is 22.0. The molecule has 306 valence electrons. The summed E-state index contributed by atoms with van der Waals surface area (Å²) < 4.78 is 4.70. The fourth-order valence-corrected chi connectivity index (χ4v) is 10.5. The predicted molar refractivity (Wildman–Crippen MR) is 271 cm³/mol. The lowest BCUT2D eigenvalue weighted by atomic mass is 10.1. The highest BCUT2D eigenvalue weighted by atomic mass is 32.1. The third-order valence-corrected chi connectivity index (χ3v) is 13.4. The van der Waals surface area contributed by atoms with E-state index in [1.54, 1.807) is 11.3 Å². The molecule has 0 saturated carbocycles. The maximum absolute atomic E-state index is 5.39. The van der Waals surface area contributed by atoms with Crippen LogP contribution in [0, 0.1) is 0 Å². The zero-order chi connectivity index (χ0) is 42.8. The van der Waals surface area contributed by atoms with Gasteiger partial charge < -0.3 is 9.13 Å². The number of hydrogen-bond acceptors (Lipinski definition) is 6. The van der Waals surface area contributed by atoms with Crippen molar-refractivity contribution in [3.63, 3.8) is 0 Å². The number of anilines is 6. The van der Waals surface area contributed by atoms with E-state index in [2.05, 4.69) is 231 Å². The van der Waals surface area contributed by atoms with Crippen molar-refractivity contribution in [1.82, 2.24) is 24.1 Å². The first-order chi connectivity index (χ1) is 32.2. The summed E-state index contributed by atoms with van der Waals surface area (Å²) in [5, 5.41) is 5.79. The SMILES string of the molecule is c1ccc(N(c2ccc3c4ccccc4n(-c4ccccc4)c3c2)c2ccc3c(n2)sc2nc(N(c4ccccc4)c4ccc5c6ccccc6n(-c6ccccc6)c5c4)cnc23)cc1. The topological polar surface area (TPSA) is 55.0 Å². The van der Waals surface area contributed by atoms with Crippen LogP contribution in [-0.2, 0) is 0 Å². The molecule has 0 aliphatic carbocycles. The smallest absolute Gasteiger partial charge is 0.157 e. The van der Waals surface area contributed by atoms with Crippen LogP contribution in [0.2, 0.25) is 0 Å². The third-order valence-electron chi connectivity index (χ3n) is 12.4. The lowest BCUT2D eigenvalue weighted by Crippen LogP contribution is -2.12. The van der Waals surface area contributed by atoms with Gasteiger partial charge in [0.1, 0.15) is 21.0 Å². The Morgan fingerprint density at radius 2 is 0.769 bits per heavy atom. The predicted octanol–water partition coefficient (Wildman–Crippen LogP) is 15.4. The molecule has 0 spiro atoms. The fraction of sp³-hybridized carbons (Fsp3) is 0. The van der Waals surface area contributed by atoms with Gasteiger partial charge in [0, 0.05) is 61.1 Å². The second-order valence-electron chi connectivity index (χ2n) is 16.1. The lowest BCUT2D eigenvalue weighted by molar-refractivity contribution is 1.16. The Kier molecular flexibility index (Phi) is 8.57. The zero-order valence-electron chi connectivity index (χ0n) is 34.9. The normalized spacial score (nSPS) is 11.7. The molecule has 8 aromatic carbocycles. The minimum atomic E-state index is 0.727. The molecule has 5 heterocycles. The van der Waals surface area contributed by atoms with Gasteiger partial charge in [-0.25, -0.2) is 15.0 Å². The zero-order valence-corrected chi connectivity index (χ0v) is 35.7. The summed E-state index contributed by atoms with van der Waals surface area (Å²) in [6, 6.07) is 77.0. The van der Waals surface area contributed by atoms with E-state index in [1.165, 1.54) is 27.1 Å². The molecule has 0 saturated heterocycles. The first-order valence-electron chi connectivity index (χ1n) is 21.7. The van der Waals surface area contributed by atoms with Crippen LogP contribution in [0.4, 0.5) is 34.4 Å². The number of fused-ring (bicyclic) bond motifs is 9. The molecule has 7 nitrogen and oxygen atoms in total. The molecule has 0 radical (unpaired) electrons. The monoisotopic (exact) mass is 851 g/mol. The Bertz CT molecular complexity index is 3640. The van der Waals surface area contributed by atoms with Crippen molar-refractivity contribution >= 4 is 110 Å². The van der Waals surface area contributed by atoms with E-state index >= 15 is 0 Å². The summed E-state index contributed by atoms with van der Waals surface area (Å²) in [5.41, 5.74) is 11.7. The molecule has 0 amide bonds. The fourth-order valence-electron chi connectivity index (χ4n) is 9.52. The van der Waals surface area contributed by atoms with E-state index in [0.29, 0.717) is 0 Å². The van der Waals surface area contributed by atoms with Gasteiger partial charge in [-0.15, -0.1) is 0 Å². The Morgan fingerprint density at radius 1 is 0.338 bits per heavy atom. The van der Waals surface area contributed by atoms with Gasteiger partial charge in [0.05, 0.1) is 28.3 Å². The van der Waals surface area contributed by atoms with E-state index in [9.17, 15) is 0 Å². The number of pyridine rings is 1. The second kappa shape index (κ2) is 15.0. The van der Waals surface area contributed by atoms with Gasteiger partial charge in [0.15, 0.2) is 5.82 Å². The summed E-state index contributed by atoms with van der Waals surface area (Å²) in [6.07, 6.45) is 1.89. The van der Waals surface area contributed by atoms with Crippen LogP contribution in [0.5, 0.6) is 0 Å². The average Bonchev–Trinajstić information content (AvgIpc) is 4.02. The lowest BCUT2D eigenvalue weighted by Gasteiger charge is -2.24. The molecule has 0 N–H and O–H groups in total. The Hall–Kier alpha value is -8.59. The molecule has 8 heteroatoms. The third kappa shape index (κ3) is 6.07. The molecule has 0 fully saturated rings. The standard InChI is InChI=1S/C57H37N7S/c1-5-17-38(18-6-1)61(42-29-31-46-44-25-13-15-27-49(44)63(51(46)35-42)40-21-9-3-10-22-40)53-34-33-48-55-57(65-56(48)59-53)60-54(37-58-55)62(39-19-7-2-8-20-39)43-30-32-47-45-26-14-16-28-50(45)64(52(47)36-43)41-23-11-4-12-24-41/h1-37H. The molecule has 0 bridgehead atoms. The van der Waals surface area contributed by atoms with Crippen molar-refractivity contribution in [3.8, 4) is 11.4 Å². The largest absolute Gasteiger partial charge is 0.309 e. The van der Waals surface area contributed by atoms with Crippen LogP contribution >= 0.6 is 11.3 Å². The highest BCUT2D eigenvalue weighted by molar-refractivity contribution is 7.25. The van der Waals surface area contributed by atoms with E-state index in [0.717, 1.165) is 82.9 Å². The molecule has 13 rings (SSSR count). The van der Waals surface area contributed by atoms with E-state index < -0.39 is 0 Å². The van der Waals surface area contributed by atoms with E-state index in [4.69, 9.17) is 15.0 Å². The summed E-state index contributed by atoms with van der Waals surface area (Å²) in [5.74, 6) is 1.54. The highest BCUT2D eigenvalue weighted by Crippen LogP contribution is 2.43. The molecular formula is C57H37N7S. The minimum absolute atomic E-state index is 0.727. The Balaban J connectivity index is 0.949. The van der Waals surface area contributed by atoms with Crippen molar-refractivity contribution < 1.29 is 0 Å². The number of benzene rings is 8. The van der Waals surface area contributed by atoms with E-state index in [1.807, 2.05) is 12.3 Å². The van der Waals surface area contributed by atoms with Gasteiger partial charge in [-0.3, -0.25) is 9.80 Å². The number of hydrogen-bond donors (Lipinski definition) is 0. The molecule has 13 aromatic rings. The quantitative estimate of drug-likeness (QED) is 0.152. The molecular weight excluding hydrogens is 815 g/mol.